The normalized spacial score (nSPS) is 22.6. The summed E-state index contributed by atoms with van der Waals surface area (Å²) in [5, 5.41) is 0.383. The van der Waals surface area contributed by atoms with Gasteiger partial charge in [0.15, 0.2) is 0 Å². The smallest absolute Gasteiger partial charge is 0.145 e. The maximum atomic E-state index is 12.8. The maximum Gasteiger partial charge on any atom is 0.145 e. The molecule has 0 spiro atoms. The minimum Gasteiger partial charge on any atom is -0.380 e. The number of hydrogen-bond acceptors (Lipinski definition) is 2. The Labute approximate surface area is 149 Å². The van der Waals surface area contributed by atoms with Crippen molar-refractivity contribution in [3.63, 3.8) is 0 Å². The van der Waals surface area contributed by atoms with Crippen molar-refractivity contribution in [2.24, 2.45) is 0 Å². The number of hydrogen-bond donors (Lipinski definition) is 0. The van der Waals surface area contributed by atoms with E-state index in [0.717, 1.165) is 37.5 Å². The summed E-state index contributed by atoms with van der Waals surface area (Å²) in [5.41, 5.74) is 0.731. The Hall–Kier alpha value is -0.933. The van der Waals surface area contributed by atoms with E-state index in [1.165, 1.54) is 0 Å². The van der Waals surface area contributed by atoms with E-state index in [1.807, 2.05) is 18.2 Å². The van der Waals surface area contributed by atoms with Crippen LogP contribution >= 0.6 is 0 Å². The second-order valence-electron chi connectivity index (χ2n) is 9.01. The van der Waals surface area contributed by atoms with E-state index in [0.29, 0.717) is 23.8 Å². The van der Waals surface area contributed by atoms with Crippen LogP contribution in [0.5, 0.6) is 0 Å². The predicted molar refractivity (Wildman–Crippen MR) is 104 cm³/mol. The number of benzene rings is 1. The Morgan fingerprint density at radius 1 is 1.12 bits per heavy atom. The SMILES string of the molecule is CC(C)(C)[Si](C)(C)CCOC[C@]1(c2ccccc2)CCCCC1=O. The summed E-state index contributed by atoms with van der Waals surface area (Å²) in [6.45, 7) is 13.2. The number of carbonyl (C=O) groups is 1. The molecule has 1 atom stereocenters. The molecule has 0 aliphatic heterocycles. The topological polar surface area (TPSA) is 26.3 Å². The number of Topliss-reactive ketones (excluding diaryl/α,β-unsaturated/α-hetero) is 1. The molecule has 0 saturated heterocycles. The fourth-order valence-corrected chi connectivity index (χ4v) is 4.74. The Bertz CT molecular complexity index is 545. The van der Waals surface area contributed by atoms with Gasteiger partial charge in [-0.1, -0.05) is 70.6 Å². The summed E-state index contributed by atoms with van der Waals surface area (Å²) in [7, 11) is -1.32. The molecule has 3 heteroatoms. The lowest BCUT2D eigenvalue weighted by Crippen LogP contribution is -2.43. The highest BCUT2D eigenvalue weighted by atomic mass is 28.3. The Morgan fingerprint density at radius 3 is 2.38 bits per heavy atom. The van der Waals surface area contributed by atoms with Crippen LogP contribution in [0.2, 0.25) is 24.2 Å². The van der Waals surface area contributed by atoms with Gasteiger partial charge in [0.1, 0.15) is 5.78 Å². The van der Waals surface area contributed by atoms with E-state index < -0.39 is 13.5 Å². The summed E-state index contributed by atoms with van der Waals surface area (Å²) >= 11 is 0. The van der Waals surface area contributed by atoms with Gasteiger partial charge in [-0.2, -0.15) is 0 Å². The van der Waals surface area contributed by atoms with E-state index in [9.17, 15) is 4.79 Å². The van der Waals surface area contributed by atoms with Crippen LogP contribution in [0.15, 0.2) is 30.3 Å². The zero-order valence-electron chi connectivity index (χ0n) is 16.2. The molecule has 0 unspecified atom stereocenters. The van der Waals surface area contributed by atoms with Gasteiger partial charge in [0.2, 0.25) is 0 Å². The third kappa shape index (κ3) is 4.18. The minimum absolute atomic E-state index is 0.368. The molecular weight excluding hydrogens is 312 g/mol. The van der Waals surface area contributed by atoms with E-state index >= 15 is 0 Å². The Balaban J connectivity index is 2.04. The predicted octanol–water partition coefficient (Wildman–Crippen LogP) is 5.59. The summed E-state index contributed by atoms with van der Waals surface area (Å²) in [4.78, 5) is 12.8. The molecule has 24 heavy (non-hydrogen) atoms. The van der Waals surface area contributed by atoms with Gasteiger partial charge < -0.3 is 4.74 Å². The standard InChI is InChI=1S/C21H34O2Si/c1-20(2,3)24(4,5)16-15-23-17-21(14-10-9-13-19(21)22)18-11-7-6-8-12-18/h6-8,11-12H,9-10,13-17H2,1-5H3/t21-/m0/s1. The van der Waals surface area contributed by atoms with Crippen molar-refractivity contribution in [2.75, 3.05) is 13.2 Å². The molecular formula is C21H34O2Si. The Kier molecular flexibility index (Phi) is 6.08. The zero-order chi connectivity index (χ0) is 17.8. The number of carbonyl (C=O) groups excluding carboxylic acids is 1. The second-order valence-corrected chi connectivity index (χ2v) is 14.8. The van der Waals surface area contributed by atoms with Gasteiger partial charge in [-0.05, 0) is 29.5 Å². The van der Waals surface area contributed by atoms with Crippen molar-refractivity contribution < 1.29 is 9.53 Å². The first kappa shape index (κ1) is 19.4. The van der Waals surface area contributed by atoms with Gasteiger partial charge in [-0.25, -0.2) is 0 Å². The number of ether oxygens (including phenoxy) is 1. The van der Waals surface area contributed by atoms with Gasteiger partial charge in [-0.15, -0.1) is 0 Å². The van der Waals surface area contributed by atoms with Crippen molar-refractivity contribution in [1.82, 2.24) is 0 Å². The molecule has 0 amide bonds. The average Bonchev–Trinajstić information content (AvgIpc) is 2.53. The first-order valence-electron chi connectivity index (χ1n) is 9.36. The summed E-state index contributed by atoms with van der Waals surface area (Å²) in [5.74, 6) is 0.368. The number of ketones is 1. The molecule has 1 fully saturated rings. The zero-order valence-corrected chi connectivity index (χ0v) is 17.2. The summed E-state index contributed by atoms with van der Waals surface area (Å²) in [6.07, 6.45) is 3.76. The minimum atomic E-state index is -1.32. The van der Waals surface area contributed by atoms with E-state index in [1.54, 1.807) is 0 Å². The summed E-state index contributed by atoms with van der Waals surface area (Å²) in [6, 6.07) is 11.4. The van der Waals surface area contributed by atoms with Crippen LogP contribution in [0.1, 0.15) is 52.0 Å². The largest absolute Gasteiger partial charge is 0.380 e. The lowest BCUT2D eigenvalue weighted by Gasteiger charge is -2.38. The number of rotatable bonds is 6. The van der Waals surface area contributed by atoms with Crippen LogP contribution in [0.4, 0.5) is 0 Å². The summed E-state index contributed by atoms with van der Waals surface area (Å²) < 4.78 is 6.15. The molecule has 1 saturated carbocycles. The van der Waals surface area contributed by atoms with Crippen LogP contribution in [-0.4, -0.2) is 27.1 Å². The molecule has 0 radical (unpaired) electrons. The molecule has 2 nitrogen and oxygen atoms in total. The second kappa shape index (κ2) is 7.53. The van der Waals surface area contributed by atoms with Crippen molar-refractivity contribution in [3.05, 3.63) is 35.9 Å². The van der Waals surface area contributed by atoms with Gasteiger partial charge >= 0.3 is 0 Å². The monoisotopic (exact) mass is 346 g/mol. The molecule has 0 heterocycles. The third-order valence-corrected chi connectivity index (χ3v) is 11.9. The van der Waals surface area contributed by atoms with Gasteiger partial charge in [0, 0.05) is 13.0 Å². The molecule has 1 aromatic rings. The third-order valence-electron chi connectivity index (χ3n) is 6.37. The molecule has 2 rings (SSSR count). The van der Waals surface area contributed by atoms with Crippen LogP contribution in [0.3, 0.4) is 0 Å². The lowest BCUT2D eigenvalue weighted by atomic mass is 9.69. The fourth-order valence-electron chi connectivity index (χ4n) is 3.34. The lowest BCUT2D eigenvalue weighted by molar-refractivity contribution is -0.129. The van der Waals surface area contributed by atoms with E-state index in [2.05, 4.69) is 46.0 Å². The first-order chi connectivity index (χ1) is 11.2. The molecule has 1 aromatic carbocycles. The van der Waals surface area contributed by atoms with Crippen molar-refractivity contribution in [1.29, 1.82) is 0 Å². The van der Waals surface area contributed by atoms with Crippen molar-refractivity contribution in [2.45, 2.75) is 76.0 Å². The van der Waals surface area contributed by atoms with Crippen LogP contribution in [0, 0.1) is 0 Å². The maximum absolute atomic E-state index is 12.8. The van der Waals surface area contributed by atoms with Crippen LogP contribution in [0.25, 0.3) is 0 Å². The van der Waals surface area contributed by atoms with Crippen LogP contribution < -0.4 is 0 Å². The van der Waals surface area contributed by atoms with Crippen molar-refractivity contribution in [3.8, 4) is 0 Å². The fraction of sp³-hybridized carbons (Fsp3) is 0.667. The highest BCUT2D eigenvalue weighted by Gasteiger charge is 2.42. The average molecular weight is 347 g/mol. The van der Waals surface area contributed by atoms with Gasteiger partial charge in [0.25, 0.3) is 0 Å². The molecule has 1 aliphatic carbocycles. The molecule has 134 valence electrons. The van der Waals surface area contributed by atoms with Gasteiger partial charge in [0.05, 0.1) is 20.1 Å². The van der Waals surface area contributed by atoms with E-state index in [4.69, 9.17) is 4.74 Å². The van der Waals surface area contributed by atoms with Crippen molar-refractivity contribution >= 4 is 13.9 Å². The molecule has 0 bridgehead atoms. The first-order valence-corrected chi connectivity index (χ1v) is 12.6. The van der Waals surface area contributed by atoms with Gasteiger partial charge in [-0.3, -0.25) is 4.79 Å². The quantitative estimate of drug-likeness (QED) is 0.495. The highest BCUT2D eigenvalue weighted by Crippen LogP contribution is 2.40. The van der Waals surface area contributed by atoms with E-state index in [-0.39, 0.29) is 0 Å². The molecule has 1 aliphatic rings. The molecule has 0 aromatic heterocycles. The molecule has 0 N–H and O–H groups in total. The van der Waals surface area contributed by atoms with Crippen LogP contribution in [-0.2, 0) is 14.9 Å². The Morgan fingerprint density at radius 2 is 1.79 bits per heavy atom. The highest BCUT2D eigenvalue weighted by molar-refractivity contribution is 6.80.